The summed E-state index contributed by atoms with van der Waals surface area (Å²) in [6.07, 6.45) is 4.97. The van der Waals surface area contributed by atoms with Crippen molar-refractivity contribution in [3.05, 3.63) is 28.7 Å². The number of carbonyl (C=O) groups excluding carboxylic acids is 1. The number of amides is 1. The molecule has 0 aliphatic carbocycles. The molecule has 176 valence electrons. The molecule has 1 aromatic carbocycles. The van der Waals surface area contributed by atoms with Crippen molar-refractivity contribution in [1.29, 1.82) is 0 Å². The van der Waals surface area contributed by atoms with Crippen LogP contribution >= 0.6 is 0 Å². The normalized spacial score (nSPS) is 25.3. The molecule has 0 spiro atoms. The first-order valence-electron chi connectivity index (χ1n) is 11.6. The van der Waals surface area contributed by atoms with Gasteiger partial charge in [-0.15, -0.1) is 0 Å². The van der Waals surface area contributed by atoms with E-state index < -0.39 is 15.8 Å². The SMILES string of the molecule is CC[C@@H]1CCCCN1C(=O)Cn1c(=O)oc2cc(S(=O)(=O)N3C[C@@H](C)C[C@H](C)C3)ccc21. The predicted octanol–water partition coefficient (Wildman–Crippen LogP) is 3.05. The third kappa shape index (κ3) is 4.37. The summed E-state index contributed by atoms with van der Waals surface area (Å²) in [5.41, 5.74) is 0.625. The minimum absolute atomic E-state index is 0.102. The smallest absolute Gasteiger partial charge is 0.408 e. The van der Waals surface area contributed by atoms with Crippen LogP contribution in [0.4, 0.5) is 0 Å². The van der Waals surface area contributed by atoms with Crippen molar-refractivity contribution in [3.63, 3.8) is 0 Å². The Labute approximate surface area is 189 Å². The average molecular weight is 464 g/mol. The van der Waals surface area contributed by atoms with E-state index in [4.69, 9.17) is 4.42 Å². The van der Waals surface area contributed by atoms with Gasteiger partial charge in [-0.1, -0.05) is 20.8 Å². The van der Waals surface area contributed by atoms with E-state index in [0.717, 1.165) is 32.1 Å². The van der Waals surface area contributed by atoms with E-state index in [1.165, 1.54) is 21.0 Å². The first-order valence-corrected chi connectivity index (χ1v) is 13.1. The fourth-order valence-electron chi connectivity index (χ4n) is 5.29. The Balaban J connectivity index is 1.60. The molecule has 3 heterocycles. The molecule has 1 amide bonds. The quantitative estimate of drug-likeness (QED) is 0.679. The van der Waals surface area contributed by atoms with Crippen LogP contribution in [-0.2, 0) is 21.4 Å². The highest BCUT2D eigenvalue weighted by Gasteiger charge is 2.32. The number of piperidine rings is 2. The van der Waals surface area contributed by atoms with E-state index in [9.17, 15) is 18.0 Å². The number of likely N-dealkylation sites (tertiary alicyclic amines) is 1. The second-order valence-corrected chi connectivity index (χ2v) is 11.4. The highest BCUT2D eigenvalue weighted by molar-refractivity contribution is 7.89. The molecular weight excluding hydrogens is 430 g/mol. The van der Waals surface area contributed by atoms with Crippen molar-refractivity contribution < 1.29 is 17.6 Å². The van der Waals surface area contributed by atoms with Gasteiger partial charge < -0.3 is 9.32 Å². The molecule has 2 fully saturated rings. The molecule has 2 aliphatic heterocycles. The van der Waals surface area contributed by atoms with Gasteiger partial charge in [-0.05, 0) is 56.1 Å². The number of sulfonamides is 1. The topological polar surface area (TPSA) is 92.8 Å². The van der Waals surface area contributed by atoms with E-state index in [-0.39, 0.29) is 29.0 Å². The summed E-state index contributed by atoms with van der Waals surface area (Å²) in [5.74, 6) is -0.157. The predicted molar refractivity (Wildman–Crippen MR) is 122 cm³/mol. The molecule has 32 heavy (non-hydrogen) atoms. The summed E-state index contributed by atoms with van der Waals surface area (Å²) < 4.78 is 34.6. The van der Waals surface area contributed by atoms with Gasteiger partial charge in [0.1, 0.15) is 6.54 Å². The summed E-state index contributed by atoms with van der Waals surface area (Å²) in [4.78, 5) is 27.4. The Hall–Kier alpha value is -2.13. The van der Waals surface area contributed by atoms with E-state index in [0.29, 0.717) is 37.0 Å². The molecule has 2 aromatic rings. The molecule has 0 saturated carbocycles. The molecule has 2 aliphatic rings. The molecule has 2 saturated heterocycles. The van der Waals surface area contributed by atoms with Crippen LogP contribution in [0.3, 0.4) is 0 Å². The van der Waals surface area contributed by atoms with Gasteiger partial charge in [0.15, 0.2) is 5.58 Å². The van der Waals surface area contributed by atoms with Gasteiger partial charge in [-0.25, -0.2) is 13.2 Å². The van der Waals surface area contributed by atoms with Crippen LogP contribution in [0.5, 0.6) is 0 Å². The minimum Gasteiger partial charge on any atom is -0.408 e. The zero-order valence-corrected chi connectivity index (χ0v) is 19.9. The number of fused-ring (bicyclic) bond motifs is 1. The van der Waals surface area contributed by atoms with E-state index in [1.807, 2.05) is 4.90 Å². The largest absolute Gasteiger partial charge is 0.420 e. The summed E-state index contributed by atoms with van der Waals surface area (Å²) in [5, 5.41) is 0. The van der Waals surface area contributed by atoms with Crippen LogP contribution in [0.1, 0.15) is 52.9 Å². The molecular formula is C23H33N3O5S. The fraction of sp³-hybridized carbons (Fsp3) is 0.652. The standard InChI is InChI=1S/C23H33N3O5S/c1-4-18-7-5-6-10-25(18)22(27)15-26-20-9-8-19(12-21(20)31-23(26)28)32(29,30)24-13-16(2)11-17(3)14-24/h8-9,12,16-18H,4-7,10-11,13-15H2,1-3H3/t16-,17-,18+/m0/s1. The molecule has 9 heteroatoms. The number of carbonyl (C=O) groups is 1. The molecule has 0 N–H and O–H groups in total. The highest BCUT2D eigenvalue weighted by Crippen LogP contribution is 2.28. The molecule has 3 atom stereocenters. The molecule has 4 rings (SSSR count). The summed E-state index contributed by atoms with van der Waals surface area (Å²) >= 11 is 0. The van der Waals surface area contributed by atoms with Crippen molar-refractivity contribution in [3.8, 4) is 0 Å². The Kier molecular flexibility index (Phi) is 6.49. The highest BCUT2D eigenvalue weighted by atomic mass is 32.2. The lowest BCUT2D eigenvalue weighted by Crippen LogP contribution is -2.45. The number of benzene rings is 1. The van der Waals surface area contributed by atoms with Crippen molar-refractivity contribution in [2.45, 2.75) is 70.4 Å². The number of nitrogens with zero attached hydrogens (tertiary/aromatic N) is 3. The summed E-state index contributed by atoms with van der Waals surface area (Å²) in [6, 6.07) is 4.70. The van der Waals surface area contributed by atoms with Crippen LogP contribution in [0, 0.1) is 11.8 Å². The van der Waals surface area contributed by atoms with Gasteiger partial charge in [-0.3, -0.25) is 9.36 Å². The number of rotatable bonds is 5. The van der Waals surface area contributed by atoms with Crippen LogP contribution in [0.15, 0.2) is 32.3 Å². The van der Waals surface area contributed by atoms with Crippen molar-refractivity contribution in [1.82, 2.24) is 13.8 Å². The van der Waals surface area contributed by atoms with Gasteiger partial charge in [0.25, 0.3) is 0 Å². The molecule has 0 bridgehead atoms. The third-order valence-electron chi connectivity index (χ3n) is 6.82. The zero-order valence-electron chi connectivity index (χ0n) is 19.1. The number of aromatic nitrogens is 1. The maximum atomic E-state index is 13.2. The first kappa shape index (κ1) is 23.0. The average Bonchev–Trinajstić information content (AvgIpc) is 3.07. The Morgan fingerprint density at radius 1 is 1.16 bits per heavy atom. The summed E-state index contributed by atoms with van der Waals surface area (Å²) in [6.45, 7) is 7.76. The van der Waals surface area contributed by atoms with Crippen molar-refractivity contribution in [2.75, 3.05) is 19.6 Å². The van der Waals surface area contributed by atoms with Gasteiger partial charge in [0.2, 0.25) is 15.9 Å². The molecule has 0 radical (unpaired) electrons. The molecule has 1 aromatic heterocycles. The second kappa shape index (κ2) is 9.02. The lowest BCUT2D eigenvalue weighted by molar-refractivity contribution is -0.135. The van der Waals surface area contributed by atoms with Gasteiger partial charge in [0, 0.05) is 31.7 Å². The van der Waals surface area contributed by atoms with Crippen molar-refractivity contribution in [2.24, 2.45) is 11.8 Å². The Bertz CT molecular complexity index is 1140. The Morgan fingerprint density at radius 3 is 2.56 bits per heavy atom. The van der Waals surface area contributed by atoms with Gasteiger partial charge >= 0.3 is 5.76 Å². The Morgan fingerprint density at radius 2 is 1.88 bits per heavy atom. The first-order chi connectivity index (χ1) is 15.2. The van der Waals surface area contributed by atoms with Crippen molar-refractivity contribution >= 4 is 27.0 Å². The monoisotopic (exact) mass is 463 g/mol. The van der Waals surface area contributed by atoms with E-state index >= 15 is 0 Å². The van der Waals surface area contributed by atoms with Crippen LogP contribution in [0.25, 0.3) is 11.1 Å². The molecule has 8 nitrogen and oxygen atoms in total. The maximum Gasteiger partial charge on any atom is 0.420 e. The van der Waals surface area contributed by atoms with E-state index in [2.05, 4.69) is 20.8 Å². The third-order valence-corrected chi connectivity index (χ3v) is 8.65. The van der Waals surface area contributed by atoms with Crippen LogP contribution in [0.2, 0.25) is 0 Å². The number of oxazole rings is 1. The van der Waals surface area contributed by atoms with Gasteiger partial charge in [-0.2, -0.15) is 4.31 Å². The van der Waals surface area contributed by atoms with E-state index in [1.54, 1.807) is 6.07 Å². The lowest BCUT2D eigenvalue weighted by atomic mass is 9.94. The van der Waals surface area contributed by atoms with Gasteiger partial charge in [0.05, 0.1) is 10.4 Å². The number of hydrogen-bond acceptors (Lipinski definition) is 5. The molecule has 0 unspecified atom stereocenters. The number of hydrogen-bond donors (Lipinski definition) is 0. The fourth-order valence-corrected chi connectivity index (χ4v) is 6.98. The van der Waals surface area contributed by atoms with Crippen LogP contribution in [-0.4, -0.2) is 53.8 Å². The second-order valence-electron chi connectivity index (χ2n) is 9.50. The lowest BCUT2D eigenvalue weighted by Gasteiger charge is -2.35. The summed E-state index contributed by atoms with van der Waals surface area (Å²) in [7, 11) is -3.69. The van der Waals surface area contributed by atoms with Crippen LogP contribution < -0.4 is 5.76 Å². The zero-order chi connectivity index (χ0) is 23.0. The maximum absolute atomic E-state index is 13.2. The minimum atomic E-state index is -3.69.